The zero-order chi connectivity index (χ0) is 15.9. The Kier molecular flexibility index (Phi) is 6.45. The maximum absolute atomic E-state index is 12.2. The standard InChI is InChI=1S/C15H20F2N2O2S/c1-19(14(20)8-12-10-22-6-5-18-12)9-11-3-2-4-13(7-11)21-15(16)17/h2-4,7,12,15,18H,5-6,8-10H2,1H3/t12-/m0/s1. The van der Waals surface area contributed by atoms with Crippen LogP contribution in [0.2, 0.25) is 0 Å². The molecule has 1 heterocycles. The van der Waals surface area contributed by atoms with E-state index in [2.05, 4.69) is 10.1 Å². The van der Waals surface area contributed by atoms with Crippen molar-refractivity contribution in [2.24, 2.45) is 0 Å². The molecule has 1 amide bonds. The van der Waals surface area contributed by atoms with Gasteiger partial charge in [-0.15, -0.1) is 0 Å². The summed E-state index contributed by atoms with van der Waals surface area (Å²) in [7, 11) is 1.72. The predicted molar refractivity (Wildman–Crippen MR) is 83.3 cm³/mol. The predicted octanol–water partition coefficient (Wildman–Crippen LogP) is 2.34. The highest BCUT2D eigenvalue weighted by molar-refractivity contribution is 7.99. The molecule has 0 aromatic heterocycles. The van der Waals surface area contributed by atoms with Crippen LogP contribution in [0, 0.1) is 0 Å². The summed E-state index contributed by atoms with van der Waals surface area (Å²) in [6.45, 7) is -1.54. The van der Waals surface area contributed by atoms with Crippen molar-refractivity contribution in [3.05, 3.63) is 29.8 Å². The van der Waals surface area contributed by atoms with Crippen LogP contribution < -0.4 is 10.1 Å². The van der Waals surface area contributed by atoms with Crippen LogP contribution in [0.25, 0.3) is 0 Å². The van der Waals surface area contributed by atoms with Gasteiger partial charge in [0.05, 0.1) is 0 Å². The Morgan fingerprint density at radius 1 is 1.55 bits per heavy atom. The van der Waals surface area contributed by atoms with Gasteiger partial charge in [0, 0.05) is 44.1 Å². The lowest BCUT2D eigenvalue weighted by molar-refractivity contribution is -0.130. The smallest absolute Gasteiger partial charge is 0.387 e. The number of thioether (sulfide) groups is 1. The van der Waals surface area contributed by atoms with Gasteiger partial charge >= 0.3 is 6.61 Å². The first-order valence-corrected chi connectivity index (χ1v) is 8.29. The zero-order valence-electron chi connectivity index (χ0n) is 12.4. The van der Waals surface area contributed by atoms with E-state index in [1.165, 1.54) is 12.1 Å². The second kappa shape index (κ2) is 8.33. The molecule has 122 valence electrons. The van der Waals surface area contributed by atoms with Crippen molar-refractivity contribution in [2.45, 2.75) is 25.6 Å². The fourth-order valence-corrected chi connectivity index (χ4v) is 3.25. The summed E-state index contributed by atoms with van der Waals surface area (Å²) in [4.78, 5) is 13.8. The normalized spacial score (nSPS) is 18.3. The molecule has 22 heavy (non-hydrogen) atoms. The van der Waals surface area contributed by atoms with Gasteiger partial charge < -0.3 is 15.0 Å². The number of alkyl halides is 2. The van der Waals surface area contributed by atoms with Gasteiger partial charge in [-0.2, -0.15) is 20.5 Å². The highest BCUT2D eigenvalue weighted by Crippen LogP contribution is 2.17. The van der Waals surface area contributed by atoms with E-state index in [0.29, 0.717) is 13.0 Å². The molecule has 1 aromatic carbocycles. The summed E-state index contributed by atoms with van der Waals surface area (Å²) in [6, 6.07) is 6.65. The molecular weight excluding hydrogens is 310 g/mol. The number of carbonyl (C=O) groups excluding carboxylic acids is 1. The van der Waals surface area contributed by atoms with Crippen molar-refractivity contribution in [3.63, 3.8) is 0 Å². The van der Waals surface area contributed by atoms with Crippen molar-refractivity contribution in [2.75, 3.05) is 25.1 Å². The summed E-state index contributed by atoms with van der Waals surface area (Å²) in [5.74, 6) is 2.17. The van der Waals surface area contributed by atoms with Gasteiger partial charge in [0.15, 0.2) is 0 Å². The van der Waals surface area contributed by atoms with E-state index in [1.54, 1.807) is 24.1 Å². The molecule has 7 heteroatoms. The maximum atomic E-state index is 12.2. The van der Waals surface area contributed by atoms with Crippen LogP contribution in [-0.2, 0) is 11.3 Å². The minimum Gasteiger partial charge on any atom is -0.435 e. The van der Waals surface area contributed by atoms with Gasteiger partial charge in [-0.05, 0) is 17.7 Å². The topological polar surface area (TPSA) is 41.6 Å². The molecule has 1 aliphatic rings. The molecule has 1 saturated heterocycles. The number of halogens is 2. The second-order valence-corrected chi connectivity index (χ2v) is 6.36. The number of amides is 1. The van der Waals surface area contributed by atoms with Gasteiger partial charge in [0.1, 0.15) is 5.75 Å². The number of benzene rings is 1. The molecule has 0 saturated carbocycles. The molecule has 2 rings (SSSR count). The van der Waals surface area contributed by atoms with E-state index in [1.807, 2.05) is 11.8 Å². The molecule has 0 aliphatic carbocycles. The van der Waals surface area contributed by atoms with Crippen LogP contribution in [-0.4, -0.2) is 48.6 Å². The molecule has 0 bridgehead atoms. The van der Waals surface area contributed by atoms with E-state index in [4.69, 9.17) is 0 Å². The third-order valence-corrected chi connectivity index (χ3v) is 4.52. The average Bonchev–Trinajstić information content (AvgIpc) is 2.48. The maximum Gasteiger partial charge on any atom is 0.387 e. The first-order valence-electron chi connectivity index (χ1n) is 7.13. The van der Waals surface area contributed by atoms with Crippen LogP contribution in [0.4, 0.5) is 8.78 Å². The Bertz CT molecular complexity index is 496. The number of carbonyl (C=O) groups is 1. The van der Waals surface area contributed by atoms with Crippen molar-refractivity contribution in [1.82, 2.24) is 10.2 Å². The molecule has 1 atom stereocenters. The van der Waals surface area contributed by atoms with Crippen molar-refractivity contribution in [1.29, 1.82) is 0 Å². The molecule has 0 radical (unpaired) electrons. The largest absolute Gasteiger partial charge is 0.435 e. The molecular formula is C15H20F2N2O2S. The number of nitrogens with zero attached hydrogens (tertiary/aromatic N) is 1. The lowest BCUT2D eigenvalue weighted by Crippen LogP contribution is -2.41. The van der Waals surface area contributed by atoms with E-state index < -0.39 is 6.61 Å². The Hall–Kier alpha value is -1.34. The summed E-state index contributed by atoms with van der Waals surface area (Å²) < 4.78 is 28.8. The molecule has 1 aromatic rings. The Labute approximate surface area is 133 Å². The van der Waals surface area contributed by atoms with Crippen LogP contribution in [0.5, 0.6) is 5.75 Å². The monoisotopic (exact) mass is 330 g/mol. The van der Waals surface area contributed by atoms with Crippen LogP contribution in [0.15, 0.2) is 24.3 Å². The van der Waals surface area contributed by atoms with E-state index >= 15 is 0 Å². The van der Waals surface area contributed by atoms with Crippen molar-refractivity contribution < 1.29 is 18.3 Å². The van der Waals surface area contributed by atoms with Gasteiger partial charge in [-0.3, -0.25) is 4.79 Å². The van der Waals surface area contributed by atoms with E-state index in [-0.39, 0.29) is 17.7 Å². The quantitative estimate of drug-likeness (QED) is 0.869. The van der Waals surface area contributed by atoms with Gasteiger partial charge in [0.2, 0.25) is 5.91 Å². The molecule has 1 fully saturated rings. The Balaban J connectivity index is 1.87. The minimum atomic E-state index is -2.84. The van der Waals surface area contributed by atoms with Crippen molar-refractivity contribution in [3.8, 4) is 5.75 Å². The van der Waals surface area contributed by atoms with E-state index in [0.717, 1.165) is 23.6 Å². The lowest BCUT2D eigenvalue weighted by Gasteiger charge is -2.25. The highest BCUT2D eigenvalue weighted by atomic mass is 32.2. The first kappa shape index (κ1) is 17.0. The fraction of sp³-hybridized carbons (Fsp3) is 0.533. The molecule has 4 nitrogen and oxygen atoms in total. The summed E-state index contributed by atoms with van der Waals surface area (Å²) in [6.07, 6.45) is 0.455. The third kappa shape index (κ3) is 5.46. The van der Waals surface area contributed by atoms with Crippen LogP contribution >= 0.6 is 11.8 Å². The second-order valence-electron chi connectivity index (χ2n) is 5.21. The zero-order valence-corrected chi connectivity index (χ0v) is 13.2. The Morgan fingerprint density at radius 2 is 2.36 bits per heavy atom. The van der Waals surface area contributed by atoms with Gasteiger partial charge in [-0.25, -0.2) is 0 Å². The number of rotatable bonds is 6. The molecule has 1 aliphatic heterocycles. The third-order valence-electron chi connectivity index (χ3n) is 3.39. The van der Waals surface area contributed by atoms with Gasteiger partial charge in [-0.1, -0.05) is 12.1 Å². The summed E-state index contributed by atoms with van der Waals surface area (Å²) in [5, 5.41) is 3.33. The molecule has 0 spiro atoms. The van der Waals surface area contributed by atoms with Crippen molar-refractivity contribution >= 4 is 17.7 Å². The van der Waals surface area contributed by atoms with Gasteiger partial charge in [0.25, 0.3) is 0 Å². The number of hydrogen-bond acceptors (Lipinski definition) is 4. The van der Waals surface area contributed by atoms with Crippen LogP contribution in [0.3, 0.4) is 0 Å². The number of ether oxygens (including phenoxy) is 1. The number of nitrogens with one attached hydrogen (secondary N) is 1. The lowest BCUT2D eigenvalue weighted by atomic mass is 10.1. The summed E-state index contributed by atoms with van der Waals surface area (Å²) in [5.41, 5.74) is 0.764. The number of hydrogen-bond donors (Lipinski definition) is 1. The first-order chi connectivity index (χ1) is 10.5. The minimum absolute atomic E-state index is 0.0418. The average molecular weight is 330 g/mol. The molecule has 0 unspecified atom stereocenters. The Morgan fingerprint density at radius 3 is 3.05 bits per heavy atom. The summed E-state index contributed by atoms with van der Waals surface area (Å²) >= 11 is 1.85. The highest BCUT2D eigenvalue weighted by Gasteiger charge is 2.19. The molecule has 1 N–H and O–H groups in total. The van der Waals surface area contributed by atoms with Crippen LogP contribution in [0.1, 0.15) is 12.0 Å². The van der Waals surface area contributed by atoms with E-state index in [9.17, 15) is 13.6 Å². The SMILES string of the molecule is CN(Cc1cccc(OC(F)F)c1)C(=O)C[C@H]1CSCCN1. The fourth-order valence-electron chi connectivity index (χ4n) is 2.30.